The number of aromatic hydroxyl groups is 1. The van der Waals surface area contributed by atoms with E-state index in [1.54, 1.807) is 0 Å². The molecule has 6 heteroatoms. The zero-order valence-electron chi connectivity index (χ0n) is 5.72. The van der Waals surface area contributed by atoms with Crippen LogP contribution in [0, 0.1) is 0 Å². The SMILES string of the molecule is CS(=O)(=O)c1cnc(O)nc1. The van der Waals surface area contributed by atoms with Crippen molar-refractivity contribution >= 4 is 9.84 Å². The third-order valence-corrected chi connectivity index (χ3v) is 2.11. The zero-order valence-corrected chi connectivity index (χ0v) is 6.54. The molecule has 1 heterocycles. The first-order valence-electron chi connectivity index (χ1n) is 2.71. The van der Waals surface area contributed by atoms with Gasteiger partial charge in [0, 0.05) is 6.26 Å². The first kappa shape index (κ1) is 7.93. The van der Waals surface area contributed by atoms with Crippen molar-refractivity contribution in [2.75, 3.05) is 6.26 Å². The van der Waals surface area contributed by atoms with Gasteiger partial charge in [-0.3, -0.25) is 0 Å². The van der Waals surface area contributed by atoms with Gasteiger partial charge in [0.05, 0.1) is 12.4 Å². The van der Waals surface area contributed by atoms with Crippen LogP contribution in [0.25, 0.3) is 0 Å². The lowest BCUT2D eigenvalue weighted by molar-refractivity contribution is 0.428. The molecule has 1 rings (SSSR count). The van der Waals surface area contributed by atoms with Gasteiger partial charge in [0.15, 0.2) is 9.84 Å². The summed E-state index contributed by atoms with van der Waals surface area (Å²) < 4.78 is 21.6. The van der Waals surface area contributed by atoms with Crippen molar-refractivity contribution in [1.82, 2.24) is 9.97 Å². The fourth-order valence-electron chi connectivity index (χ4n) is 0.501. The summed E-state index contributed by atoms with van der Waals surface area (Å²) in [6.45, 7) is 0. The molecule has 0 saturated carbocycles. The topological polar surface area (TPSA) is 80.2 Å². The van der Waals surface area contributed by atoms with E-state index < -0.39 is 15.8 Å². The van der Waals surface area contributed by atoms with Crippen LogP contribution in [0.1, 0.15) is 0 Å². The molecule has 1 aromatic rings. The summed E-state index contributed by atoms with van der Waals surface area (Å²) in [7, 11) is -3.26. The summed E-state index contributed by atoms with van der Waals surface area (Å²) in [6, 6.07) is -0.433. The van der Waals surface area contributed by atoms with Crippen molar-refractivity contribution in [2.24, 2.45) is 0 Å². The van der Waals surface area contributed by atoms with Crippen molar-refractivity contribution in [2.45, 2.75) is 4.90 Å². The Morgan fingerprint density at radius 2 is 1.82 bits per heavy atom. The lowest BCUT2D eigenvalue weighted by Crippen LogP contribution is -1.98. The van der Waals surface area contributed by atoms with E-state index in [1.807, 2.05) is 0 Å². The molecule has 0 radical (unpaired) electrons. The lowest BCUT2D eigenvalue weighted by Gasteiger charge is -1.94. The Balaban J connectivity index is 3.20. The highest BCUT2D eigenvalue weighted by atomic mass is 32.2. The summed E-state index contributed by atoms with van der Waals surface area (Å²) in [6.07, 6.45) is 3.15. The standard InChI is InChI=1S/C5H6N2O3S/c1-11(9,10)4-2-6-5(8)7-3-4/h2-3H,1H3,(H,6,7,8). The average Bonchev–Trinajstić information content (AvgIpc) is 1.86. The number of rotatable bonds is 1. The van der Waals surface area contributed by atoms with E-state index in [2.05, 4.69) is 9.97 Å². The highest BCUT2D eigenvalue weighted by Crippen LogP contribution is 2.06. The fourth-order valence-corrected chi connectivity index (χ4v) is 0.989. The highest BCUT2D eigenvalue weighted by Gasteiger charge is 2.06. The van der Waals surface area contributed by atoms with Crippen molar-refractivity contribution in [3.05, 3.63) is 12.4 Å². The van der Waals surface area contributed by atoms with Gasteiger partial charge in [-0.25, -0.2) is 18.4 Å². The predicted molar refractivity (Wildman–Crippen MR) is 36.8 cm³/mol. The second kappa shape index (κ2) is 2.46. The van der Waals surface area contributed by atoms with Gasteiger partial charge < -0.3 is 5.11 Å². The molecule has 1 N–H and O–H groups in total. The minimum atomic E-state index is -3.26. The highest BCUT2D eigenvalue weighted by molar-refractivity contribution is 7.90. The Bertz CT molecular complexity index is 342. The molecule has 0 atom stereocenters. The Labute approximate surface area is 63.7 Å². The molecule has 0 fully saturated rings. The van der Waals surface area contributed by atoms with Crippen LogP contribution in [0.4, 0.5) is 0 Å². The van der Waals surface area contributed by atoms with Gasteiger partial charge in [0.25, 0.3) is 0 Å². The molecule has 0 aromatic carbocycles. The molecule has 0 aliphatic heterocycles. The molecule has 0 spiro atoms. The number of aromatic nitrogens is 2. The molecule has 0 unspecified atom stereocenters. The minimum absolute atomic E-state index is 0.00435. The number of hydrogen-bond acceptors (Lipinski definition) is 5. The Hall–Kier alpha value is -1.17. The smallest absolute Gasteiger partial charge is 0.313 e. The summed E-state index contributed by atoms with van der Waals surface area (Å²) >= 11 is 0. The molecule has 5 nitrogen and oxygen atoms in total. The van der Waals surface area contributed by atoms with Gasteiger partial charge in [-0.15, -0.1) is 0 Å². The van der Waals surface area contributed by atoms with E-state index in [1.165, 1.54) is 0 Å². The van der Waals surface area contributed by atoms with Crippen molar-refractivity contribution in [3.8, 4) is 6.01 Å². The van der Waals surface area contributed by atoms with Crippen LogP contribution in [0.3, 0.4) is 0 Å². The molecule has 1 aromatic heterocycles. The molecule has 0 bridgehead atoms. The van der Waals surface area contributed by atoms with Crippen LogP contribution in [0.2, 0.25) is 0 Å². The fraction of sp³-hybridized carbons (Fsp3) is 0.200. The van der Waals surface area contributed by atoms with Crippen LogP contribution in [0.15, 0.2) is 17.3 Å². The molecule has 0 amide bonds. The first-order valence-corrected chi connectivity index (χ1v) is 4.60. The Kier molecular flexibility index (Phi) is 1.77. The Morgan fingerprint density at radius 3 is 2.18 bits per heavy atom. The second-order valence-electron chi connectivity index (χ2n) is 1.99. The molecular formula is C5H6N2O3S. The van der Waals surface area contributed by atoms with Crippen molar-refractivity contribution in [3.63, 3.8) is 0 Å². The number of sulfone groups is 1. The third-order valence-electron chi connectivity index (χ3n) is 1.04. The second-order valence-corrected chi connectivity index (χ2v) is 4.01. The monoisotopic (exact) mass is 174 g/mol. The van der Waals surface area contributed by atoms with E-state index in [0.717, 1.165) is 18.6 Å². The molecule has 0 aliphatic rings. The third kappa shape index (κ3) is 1.87. The Morgan fingerprint density at radius 1 is 1.36 bits per heavy atom. The van der Waals surface area contributed by atoms with Gasteiger partial charge in [0.2, 0.25) is 0 Å². The molecule has 11 heavy (non-hydrogen) atoms. The lowest BCUT2D eigenvalue weighted by atomic mass is 10.7. The van der Waals surface area contributed by atoms with E-state index >= 15 is 0 Å². The maximum atomic E-state index is 10.8. The summed E-state index contributed by atoms with van der Waals surface area (Å²) in [5.41, 5.74) is 0. The van der Waals surface area contributed by atoms with Crippen molar-refractivity contribution in [1.29, 1.82) is 0 Å². The van der Waals surface area contributed by atoms with E-state index in [4.69, 9.17) is 5.11 Å². The average molecular weight is 174 g/mol. The van der Waals surface area contributed by atoms with Gasteiger partial charge in [-0.2, -0.15) is 0 Å². The normalized spacial score (nSPS) is 11.4. The van der Waals surface area contributed by atoms with Gasteiger partial charge in [-0.05, 0) is 0 Å². The van der Waals surface area contributed by atoms with Crippen LogP contribution in [-0.4, -0.2) is 29.7 Å². The maximum Gasteiger partial charge on any atom is 0.313 e. The van der Waals surface area contributed by atoms with E-state index in [-0.39, 0.29) is 4.90 Å². The zero-order chi connectivity index (χ0) is 8.48. The first-order chi connectivity index (χ1) is 5.00. The van der Waals surface area contributed by atoms with Gasteiger partial charge in [-0.1, -0.05) is 0 Å². The van der Waals surface area contributed by atoms with Gasteiger partial charge >= 0.3 is 6.01 Å². The van der Waals surface area contributed by atoms with Gasteiger partial charge in [0.1, 0.15) is 4.90 Å². The quantitative estimate of drug-likeness (QED) is 0.625. The van der Waals surface area contributed by atoms with Crippen LogP contribution in [-0.2, 0) is 9.84 Å². The maximum absolute atomic E-state index is 10.8. The number of hydrogen-bond donors (Lipinski definition) is 1. The summed E-state index contributed by atoms with van der Waals surface area (Å²) in [5.74, 6) is 0. The predicted octanol–water partition coefficient (Wildman–Crippen LogP) is -0.414. The minimum Gasteiger partial charge on any atom is -0.479 e. The molecule has 0 aliphatic carbocycles. The molecular weight excluding hydrogens is 168 g/mol. The van der Waals surface area contributed by atoms with Crippen LogP contribution >= 0.6 is 0 Å². The summed E-state index contributed by atoms with van der Waals surface area (Å²) in [5, 5.41) is 8.61. The molecule has 60 valence electrons. The molecule has 0 saturated heterocycles. The van der Waals surface area contributed by atoms with Crippen LogP contribution < -0.4 is 0 Å². The largest absolute Gasteiger partial charge is 0.479 e. The van der Waals surface area contributed by atoms with Crippen LogP contribution in [0.5, 0.6) is 6.01 Å². The number of nitrogens with zero attached hydrogens (tertiary/aromatic N) is 2. The van der Waals surface area contributed by atoms with E-state index in [9.17, 15) is 8.42 Å². The summed E-state index contributed by atoms with van der Waals surface area (Å²) in [4.78, 5) is 6.62. The van der Waals surface area contributed by atoms with E-state index in [0.29, 0.717) is 0 Å². The van der Waals surface area contributed by atoms with Crippen molar-refractivity contribution < 1.29 is 13.5 Å².